The monoisotopic (exact) mass is 607 g/mol. The predicted molar refractivity (Wildman–Crippen MR) is 169 cm³/mol. The number of aromatic nitrogens is 2. The van der Waals surface area contributed by atoms with Crippen LogP contribution in [0.25, 0.3) is 22.0 Å². The molecule has 11 nitrogen and oxygen atoms in total. The van der Waals surface area contributed by atoms with Crippen molar-refractivity contribution in [2.45, 2.75) is 50.0 Å². The van der Waals surface area contributed by atoms with Crippen LogP contribution >= 0.6 is 0 Å². The van der Waals surface area contributed by atoms with Crippen LogP contribution < -0.4 is 19.7 Å². The average Bonchev–Trinajstić information content (AvgIpc) is 3.22. The van der Waals surface area contributed by atoms with E-state index in [1.54, 1.807) is 30.4 Å². The van der Waals surface area contributed by atoms with Crippen molar-refractivity contribution in [1.82, 2.24) is 24.5 Å². The maximum absolute atomic E-state index is 13.6. The molecule has 3 aromatic rings. The molecule has 1 amide bonds. The van der Waals surface area contributed by atoms with Crippen LogP contribution in [0.3, 0.4) is 0 Å². The molecule has 4 heterocycles. The summed E-state index contributed by atoms with van der Waals surface area (Å²) in [6, 6.07) is 7.68. The van der Waals surface area contributed by atoms with Gasteiger partial charge in [-0.15, -0.1) is 0 Å². The normalized spacial score (nSPS) is 18.5. The van der Waals surface area contributed by atoms with E-state index in [0.29, 0.717) is 12.3 Å². The topological polar surface area (TPSA) is 120 Å². The molecular weight excluding hydrogens is 566 g/mol. The summed E-state index contributed by atoms with van der Waals surface area (Å²) in [7, 11) is 3.58. The fraction of sp³-hybridized carbons (Fsp3) is 0.516. The third-order valence-electron chi connectivity index (χ3n) is 9.22. The van der Waals surface area contributed by atoms with Gasteiger partial charge in [-0.3, -0.25) is 14.5 Å². The van der Waals surface area contributed by atoms with Gasteiger partial charge in [-0.05, 0) is 83.1 Å². The highest BCUT2D eigenvalue weighted by Gasteiger charge is 2.54. The summed E-state index contributed by atoms with van der Waals surface area (Å²) < 4.78 is 37.3. The summed E-state index contributed by atoms with van der Waals surface area (Å²) in [5.74, 6) is 0.384. The van der Waals surface area contributed by atoms with E-state index in [2.05, 4.69) is 31.0 Å². The first kappa shape index (κ1) is 29.7. The number of ether oxygens (including phenoxy) is 1. The zero-order valence-corrected chi connectivity index (χ0v) is 26.2. The molecule has 1 spiro atoms. The first-order valence-electron chi connectivity index (χ1n) is 15.1. The van der Waals surface area contributed by atoms with Crippen LogP contribution in [0.1, 0.15) is 44.1 Å². The maximum Gasteiger partial charge on any atom is 0.301 e. The Kier molecular flexibility index (Phi) is 8.05. The molecule has 0 bridgehead atoms. The van der Waals surface area contributed by atoms with Crippen LogP contribution in [-0.4, -0.2) is 94.0 Å². The largest absolute Gasteiger partial charge is 0.476 e. The van der Waals surface area contributed by atoms with Gasteiger partial charge in [-0.25, -0.2) is 4.98 Å². The van der Waals surface area contributed by atoms with Gasteiger partial charge in [-0.1, -0.05) is 12.5 Å². The molecule has 1 saturated heterocycles. The lowest BCUT2D eigenvalue weighted by atomic mass is 9.64. The number of likely N-dealkylation sites (N-methyl/N-ethyl adjacent to an activating group) is 1. The number of carbonyl (C=O) groups excluding carboxylic acids is 1. The molecule has 230 valence electrons. The minimum absolute atomic E-state index is 0.0888. The van der Waals surface area contributed by atoms with Crippen LogP contribution in [0.15, 0.2) is 36.7 Å². The fourth-order valence-corrected chi connectivity index (χ4v) is 7.75. The molecule has 0 radical (unpaired) electrons. The van der Waals surface area contributed by atoms with Gasteiger partial charge in [-0.2, -0.15) is 12.7 Å². The van der Waals surface area contributed by atoms with Crippen LogP contribution in [0.4, 0.5) is 11.4 Å². The summed E-state index contributed by atoms with van der Waals surface area (Å²) in [5.41, 5.74) is 4.16. The quantitative estimate of drug-likeness (QED) is 0.337. The highest BCUT2D eigenvalue weighted by Crippen LogP contribution is 2.55. The molecule has 1 aliphatic carbocycles. The lowest BCUT2D eigenvalue weighted by molar-refractivity contribution is -0.125. The van der Waals surface area contributed by atoms with E-state index in [4.69, 9.17) is 4.74 Å². The van der Waals surface area contributed by atoms with Crippen molar-refractivity contribution in [3.63, 3.8) is 0 Å². The Morgan fingerprint density at radius 1 is 1.09 bits per heavy atom. The molecule has 12 heteroatoms. The first-order valence-corrected chi connectivity index (χ1v) is 16.5. The second-order valence-electron chi connectivity index (χ2n) is 12.2. The van der Waals surface area contributed by atoms with E-state index >= 15 is 0 Å². The number of rotatable bonds is 10. The van der Waals surface area contributed by atoms with E-state index in [0.717, 1.165) is 91.4 Å². The van der Waals surface area contributed by atoms with Crippen molar-refractivity contribution < 1.29 is 17.9 Å². The molecule has 2 N–H and O–H groups in total. The number of nitrogens with one attached hydrogen (secondary N) is 2. The molecule has 3 aliphatic rings. The number of fused-ring (bicyclic) bond motifs is 4. The van der Waals surface area contributed by atoms with Crippen LogP contribution in [0, 0.1) is 0 Å². The standard InChI is InChI=1S/C31H41N7O4S/c1-36(2)15-6-16-42-29-26(35-43(40,41)38(4)23-9-13-32-14-10-23)18-22(19-34-29)21-7-8-25-24(17-21)28-27(20-33-25)37(3)30(39)31(28)11-5-12-31/h7-8,17-20,23,32,35H,5-6,9-16H2,1-4H3. The van der Waals surface area contributed by atoms with Gasteiger partial charge in [0, 0.05) is 49.4 Å². The number of anilines is 2. The molecule has 1 aromatic carbocycles. The Morgan fingerprint density at radius 2 is 1.86 bits per heavy atom. The summed E-state index contributed by atoms with van der Waals surface area (Å²) in [6.45, 7) is 2.81. The van der Waals surface area contributed by atoms with Gasteiger partial charge >= 0.3 is 10.2 Å². The Labute approximate surface area is 253 Å². The lowest BCUT2D eigenvalue weighted by Crippen LogP contribution is -2.45. The van der Waals surface area contributed by atoms with Gasteiger partial charge < -0.3 is 19.9 Å². The van der Waals surface area contributed by atoms with E-state index < -0.39 is 15.6 Å². The van der Waals surface area contributed by atoms with E-state index in [9.17, 15) is 13.2 Å². The lowest BCUT2D eigenvalue weighted by Gasteiger charge is -2.37. The first-order chi connectivity index (χ1) is 20.6. The second-order valence-corrected chi connectivity index (χ2v) is 14.0. The van der Waals surface area contributed by atoms with E-state index in [1.165, 1.54) is 4.31 Å². The zero-order chi connectivity index (χ0) is 30.4. The van der Waals surface area contributed by atoms with E-state index in [1.807, 2.05) is 33.3 Å². The number of pyridine rings is 2. The van der Waals surface area contributed by atoms with Crippen molar-refractivity contribution in [1.29, 1.82) is 0 Å². The highest BCUT2D eigenvalue weighted by molar-refractivity contribution is 7.90. The van der Waals surface area contributed by atoms with Gasteiger partial charge in [0.2, 0.25) is 11.8 Å². The van der Waals surface area contributed by atoms with Gasteiger partial charge in [0.25, 0.3) is 0 Å². The van der Waals surface area contributed by atoms with Gasteiger partial charge in [0.05, 0.1) is 29.4 Å². The summed E-state index contributed by atoms with van der Waals surface area (Å²) in [6.07, 6.45) is 8.49. The maximum atomic E-state index is 13.6. The molecule has 2 aliphatic heterocycles. The molecule has 1 saturated carbocycles. The molecule has 2 aromatic heterocycles. The van der Waals surface area contributed by atoms with Crippen molar-refractivity contribution in [3.8, 4) is 17.0 Å². The number of benzene rings is 1. The average molecular weight is 608 g/mol. The number of hydrogen-bond acceptors (Lipinski definition) is 8. The van der Waals surface area contributed by atoms with Crippen molar-refractivity contribution >= 4 is 38.4 Å². The third kappa shape index (κ3) is 5.45. The minimum Gasteiger partial charge on any atom is -0.476 e. The Morgan fingerprint density at radius 3 is 2.56 bits per heavy atom. The number of amides is 1. The molecule has 43 heavy (non-hydrogen) atoms. The molecule has 2 fully saturated rings. The van der Waals surface area contributed by atoms with Crippen LogP contribution in [0.5, 0.6) is 5.88 Å². The molecule has 0 atom stereocenters. The Hall–Kier alpha value is -3.32. The van der Waals surface area contributed by atoms with E-state index in [-0.39, 0.29) is 17.8 Å². The number of carbonyl (C=O) groups is 1. The number of nitrogens with zero attached hydrogens (tertiary/aromatic N) is 5. The van der Waals surface area contributed by atoms with Crippen molar-refractivity contribution in [3.05, 3.63) is 42.2 Å². The number of piperidine rings is 1. The van der Waals surface area contributed by atoms with Crippen LogP contribution in [0.2, 0.25) is 0 Å². The van der Waals surface area contributed by atoms with Crippen molar-refractivity contribution in [2.24, 2.45) is 0 Å². The van der Waals surface area contributed by atoms with Crippen LogP contribution in [-0.2, 0) is 20.4 Å². The zero-order valence-electron chi connectivity index (χ0n) is 25.4. The minimum atomic E-state index is -3.87. The molecule has 6 rings (SSSR count). The van der Waals surface area contributed by atoms with Crippen molar-refractivity contribution in [2.75, 3.05) is 64.1 Å². The number of hydrogen-bond donors (Lipinski definition) is 2. The summed E-state index contributed by atoms with van der Waals surface area (Å²) >= 11 is 0. The predicted octanol–water partition coefficient (Wildman–Crippen LogP) is 3.37. The van der Waals surface area contributed by atoms with Gasteiger partial charge in [0.1, 0.15) is 5.69 Å². The fourth-order valence-electron chi connectivity index (χ4n) is 6.58. The Balaban J connectivity index is 1.37. The smallest absolute Gasteiger partial charge is 0.301 e. The summed E-state index contributed by atoms with van der Waals surface area (Å²) in [4.78, 5) is 26.4. The highest BCUT2D eigenvalue weighted by atomic mass is 32.2. The molecule has 0 unspecified atom stereocenters. The van der Waals surface area contributed by atoms with Gasteiger partial charge in [0.15, 0.2) is 0 Å². The third-order valence-corrected chi connectivity index (χ3v) is 10.8. The SMILES string of the molecule is CN(C)CCCOc1ncc(-c2ccc3ncc4c(c3c2)C2(CCC2)C(=O)N4C)cc1NS(=O)(=O)N(C)C1CCNCC1. The summed E-state index contributed by atoms with van der Waals surface area (Å²) in [5, 5.41) is 4.23. The molecular formula is C31H41N7O4S. The Bertz CT molecular complexity index is 1630. The second kappa shape index (κ2) is 11.6.